The number of primary amides is 1. The lowest BCUT2D eigenvalue weighted by molar-refractivity contribution is -0.124. The minimum Gasteiger partial charge on any atom is -0.377 e. The monoisotopic (exact) mass is 492 g/mol. The molecule has 1 aliphatic carbocycles. The molecule has 0 radical (unpaired) electrons. The van der Waals surface area contributed by atoms with E-state index in [0.29, 0.717) is 17.0 Å². The molecule has 2 heterocycles. The second-order valence-electron chi connectivity index (χ2n) is 7.73. The minimum atomic E-state index is -1.23. The van der Waals surface area contributed by atoms with Gasteiger partial charge in [-0.3, -0.25) is 9.00 Å². The molecule has 0 aromatic carbocycles. The van der Waals surface area contributed by atoms with E-state index >= 15 is 0 Å². The van der Waals surface area contributed by atoms with Gasteiger partial charge in [-0.25, -0.2) is 9.97 Å². The van der Waals surface area contributed by atoms with Gasteiger partial charge in [-0.05, 0) is 19.8 Å². The van der Waals surface area contributed by atoms with Crippen molar-refractivity contribution in [2.45, 2.75) is 44.4 Å². The molecule has 1 aromatic rings. The molecule has 26 heavy (non-hydrogen) atoms. The Balaban J connectivity index is 1.89. The number of nitrogens with zero attached hydrogens (tertiary/aromatic N) is 3. The van der Waals surface area contributed by atoms with E-state index in [4.69, 9.17) is 10.5 Å². The van der Waals surface area contributed by atoms with Crippen molar-refractivity contribution >= 4 is 45.1 Å². The molecule has 1 aromatic heterocycles. The standard InChI is InChI=1S/C17H25IN4O3S/c1-11-9-25-7-6-22(11)13-8-12(20-15(18)21-13)17(4-5-17)26(24)10-16(2,3)14(19)23/h8,11H,4-7,9-10H2,1-3H3,(H2,19,23)/t11-,26-/m1/s1. The zero-order valence-electron chi connectivity index (χ0n) is 15.3. The average molecular weight is 492 g/mol. The van der Waals surface area contributed by atoms with Gasteiger partial charge in [0.15, 0.2) is 3.83 Å². The Labute approximate surface area is 170 Å². The number of amides is 1. The fourth-order valence-corrected chi connectivity index (χ4v) is 5.58. The number of morpholine rings is 1. The summed E-state index contributed by atoms with van der Waals surface area (Å²) in [5.41, 5.74) is 5.47. The Morgan fingerprint density at radius 3 is 2.77 bits per heavy atom. The number of carbonyl (C=O) groups is 1. The Kier molecular flexibility index (Phi) is 5.60. The Morgan fingerprint density at radius 1 is 1.50 bits per heavy atom. The molecule has 0 unspecified atom stereocenters. The van der Waals surface area contributed by atoms with Crippen LogP contribution in [0.3, 0.4) is 0 Å². The van der Waals surface area contributed by atoms with E-state index in [1.54, 1.807) is 13.8 Å². The molecule has 2 N–H and O–H groups in total. The summed E-state index contributed by atoms with van der Waals surface area (Å²) in [6.07, 6.45) is 1.61. The summed E-state index contributed by atoms with van der Waals surface area (Å²) in [6.45, 7) is 7.71. The highest BCUT2D eigenvalue weighted by molar-refractivity contribution is 14.1. The van der Waals surface area contributed by atoms with Crippen LogP contribution in [0.5, 0.6) is 0 Å². The Morgan fingerprint density at radius 2 is 2.19 bits per heavy atom. The van der Waals surface area contributed by atoms with E-state index in [-0.39, 0.29) is 11.8 Å². The second-order valence-corrected chi connectivity index (χ2v) is 10.5. The highest BCUT2D eigenvalue weighted by Crippen LogP contribution is 2.52. The van der Waals surface area contributed by atoms with Crippen molar-refractivity contribution in [3.05, 3.63) is 15.6 Å². The first-order valence-electron chi connectivity index (χ1n) is 8.73. The number of aromatic nitrogens is 2. The third-order valence-electron chi connectivity index (χ3n) is 5.11. The summed E-state index contributed by atoms with van der Waals surface area (Å²) in [7, 11) is -1.23. The quantitative estimate of drug-likeness (QED) is 0.478. The zero-order valence-corrected chi connectivity index (χ0v) is 18.3. The number of anilines is 1. The van der Waals surface area contributed by atoms with Crippen molar-refractivity contribution in [3.8, 4) is 0 Å². The Bertz CT molecular complexity index is 739. The van der Waals surface area contributed by atoms with Crippen molar-refractivity contribution < 1.29 is 13.7 Å². The highest BCUT2D eigenvalue weighted by atomic mass is 127. The summed E-state index contributed by atoms with van der Waals surface area (Å²) in [5.74, 6) is 0.668. The maximum absolute atomic E-state index is 13.1. The molecule has 1 amide bonds. The normalized spacial score (nSPS) is 23.5. The smallest absolute Gasteiger partial charge is 0.224 e. The summed E-state index contributed by atoms with van der Waals surface area (Å²) in [5, 5.41) is 0. The van der Waals surface area contributed by atoms with Gasteiger partial charge in [-0.15, -0.1) is 0 Å². The molecule has 9 heteroatoms. The molecule has 7 nitrogen and oxygen atoms in total. The molecule has 0 bridgehead atoms. The third-order valence-corrected chi connectivity index (χ3v) is 8.07. The van der Waals surface area contributed by atoms with Gasteiger partial charge >= 0.3 is 0 Å². The first-order chi connectivity index (χ1) is 12.2. The van der Waals surface area contributed by atoms with Crippen LogP contribution < -0.4 is 10.6 Å². The number of rotatable bonds is 6. The first kappa shape index (κ1) is 19.9. The van der Waals surface area contributed by atoms with E-state index in [9.17, 15) is 9.00 Å². The molecule has 1 saturated heterocycles. The van der Waals surface area contributed by atoms with Gasteiger partial charge in [-0.1, -0.05) is 13.8 Å². The van der Waals surface area contributed by atoms with Crippen LogP contribution in [0.1, 0.15) is 39.3 Å². The number of carbonyl (C=O) groups excluding carboxylic acids is 1. The van der Waals surface area contributed by atoms with E-state index in [1.165, 1.54) is 0 Å². The van der Waals surface area contributed by atoms with Crippen LogP contribution in [-0.4, -0.2) is 51.6 Å². The topological polar surface area (TPSA) is 98.4 Å². The molecular weight excluding hydrogens is 467 g/mol. The predicted octanol–water partition coefficient (Wildman–Crippen LogP) is 1.56. The largest absolute Gasteiger partial charge is 0.377 e. The molecule has 2 aliphatic rings. The number of halogens is 1. The van der Waals surface area contributed by atoms with Gasteiger partial charge in [0.1, 0.15) is 5.82 Å². The van der Waals surface area contributed by atoms with Crippen molar-refractivity contribution in [3.63, 3.8) is 0 Å². The lowest BCUT2D eigenvalue weighted by atomic mass is 9.96. The third kappa shape index (κ3) is 3.89. The van der Waals surface area contributed by atoms with Crippen LogP contribution in [0, 0.1) is 9.25 Å². The maximum Gasteiger partial charge on any atom is 0.224 e. The van der Waals surface area contributed by atoms with Crippen LogP contribution in [0.25, 0.3) is 0 Å². The van der Waals surface area contributed by atoms with Gasteiger partial charge in [0.05, 0.1) is 35.1 Å². The van der Waals surface area contributed by atoms with Gasteiger partial charge in [-0.2, -0.15) is 0 Å². The van der Waals surface area contributed by atoms with Gasteiger partial charge in [0, 0.05) is 51.8 Å². The van der Waals surface area contributed by atoms with Gasteiger partial charge < -0.3 is 15.4 Å². The molecule has 1 aliphatic heterocycles. The minimum absolute atomic E-state index is 0.233. The van der Waals surface area contributed by atoms with E-state index in [1.807, 2.05) is 6.07 Å². The van der Waals surface area contributed by atoms with Crippen molar-refractivity contribution in [1.82, 2.24) is 9.97 Å². The van der Waals surface area contributed by atoms with Crippen molar-refractivity contribution in [2.24, 2.45) is 11.1 Å². The zero-order chi connectivity index (χ0) is 19.1. The SMILES string of the molecule is C[C@@H]1COCCN1c1cc(C2([S@](=O)CC(C)(C)C(N)=O)CC2)nc(I)n1. The highest BCUT2D eigenvalue weighted by Gasteiger charge is 2.53. The van der Waals surface area contributed by atoms with Crippen LogP contribution in [0.2, 0.25) is 0 Å². The summed E-state index contributed by atoms with van der Waals surface area (Å²) in [4.78, 5) is 23.0. The number of nitrogens with two attached hydrogens (primary N) is 1. The van der Waals surface area contributed by atoms with Crippen LogP contribution in [0.4, 0.5) is 5.82 Å². The van der Waals surface area contributed by atoms with E-state index in [2.05, 4.69) is 44.4 Å². The molecule has 0 spiro atoms. The molecule has 144 valence electrons. The van der Waals surface area contributed by atoms with E-state index < -0.39 is 26.9 Å². The average Bonchev–Trinajstić information content (AvgIpc) is 3.36. The summed E-state index contributed by atoms with van der Waals surface area (Å²) < 4.78 is 18.8. The van der Waals surface area contributed by atoms with Crippen molar-refractivity contribution in [1.29, 1.82) is 0 Å². The Hall–Kier alpha value is -0.810. The molecule has 2 fully saturated rings. The fourth-order valence-electron chi connectivity index (χ4n) is 3.10. The number of ether oxygens (including phenoxy) is 1. The number of hydrogen-bond donors (Lipinski definition) is 1. The predicted molar refractivity (Wildman–Crippen MR) is 109 cm³/mol. The molecule has 1 saturated carbocycles. The molecule has 2 atom stereocenters. The van der Waals surface area contributed by atoms with E-state index in [0.717, 1.165) is 30.9 Å². The summed E-state index contributed by atoms with van der Waals surface area (Å²) in [6, 6.07) is 2.20. The number of hydrogen-bond acceptors (Lipinski definition) is 6. The molecular formula is C17H25IN4O3S. The van der Waals surface area contributed by atoms with Crippen molar-refractivity contribution in [2.75, 3.05) is 30.4 Å². The maximum atomic E-state index is 13.1. The fraction of sp³-hybridized carbons (Fsp3) is 0.706. The van der Waals surface area contributed by atoms with Crippen LogP contribution in [0.15, 0.2) is 6.07 Å². The second kappa shape index (κ2) is 7.31. The van der Waals surface area contributed by atoms with Gasteiger partial charge in [0.25, 0.3) is 0 Å². The van der Waals surface area contributed by atoms with Crippen LogP contribution in [-0.2, 0) is 25.1 Å². The van der Waals surface area contributed by atoms with Gasteiger partial charge in [0.2, 0.25) is 5.91 Å². The summed E-state index contributed by atoms with van der Waals surface area (Å²) >= 11 is 2.11. The lowest BCUT2D eigenvalue weighted by Crippen LogP contribution is -2.44. The first-order valence-corrected chi connectivity index (χ1v) is 11.1. The molecule has 3 rings (SSSR count). The van der Waals surface area contributed by atoms with Crippen LogP contribution >= 0.6 is 22.6 Å². The lowest BCUT2D eigenvalue weighted by Gasteiger charge is -2.34.